The average Bonchev–Trinajstić information content (AvgIpc) is 2.55. The van der Waals surface area contributed by atoms with Gasteiger partial charge >= 0.3 is 8.56 Å². The highest BCUT2D eigenvalue weighted by atomic mass is 28.4. The minimum absolute atomic E-state index is 0.659. The van der Waals surface area contributed by atoms with Gasteiger partial charge in [-0.3, -0.25) is 0 Å². The Labute approximate surface area is 134 Å². The molecule has 3 heteroatoms. The van der Waals surface area contributed by atoms with Gasteiger partial charge in [0.2, 0.25) is 0 Å². The number of hydrogen-bond donors (Lipinski definition) is 0. The van der Waals surface area contributed by atoms with E-state index in [1.807, 2.05) is 32.0 Å². The fourth-order valence-corrected chi connectivity index (χ4v) is 4.89. The van der Waals surface area contributed by atoms with E-state index in [1.54, 1.807) is 0 Å². The van der Waals surface area contributed by atoms with E-state index >= 15 is 0 Å². The minimum Gasteiger partial charge on any atom is -0.391 e. The summed E-state index contributed by atoms with van der Waals surface area (Å²) >= 11 is 0. The monoisotopic (exact) mass is 312 g/mol. The molecule has 0 saturated heterocycles. The van der Waals surface area contributed by atoms with E-state index in [2.05, 4.69) is 49.5 Å². The highest BCUT2D eigenvalue weighted by Gasteiger charge is 2.33. The zero-order valence-electron chi connectivity index (χ0n) is 13.6. The fraction of sp³-hybridized carbons (Fsp3) is 0.263. The van der Waals surface area contributed by atoms with Gasteiger partial charge < -0.3 is 8.85 Å². The molecule has 0 N–H and O–H groups in total. The summed E-state index contributed by atoms with van der Waals surface area (Å²) in [5.74, 6) is 0. The molecular weight excluding hydrogens is 288 g/mol. The van der Waals surface area contributed by atoms with Crippen LogP contribution in [0.15, 0.2) is 61.2 Å². The van der Waals surface area contributed by atoms with Crippen LogP contribution in [0.2, 0.25) is 6.55 Å². The maximum absolute atomic E-state index is 5.98. The largest absolute Gasteiger partial charge is 0.391 e. The van der Waals surface area contributed by atoms with E-state index in [0.29, 0.717) is 13.2 Å². The summed E-state index contributed by atoms with van der Waals surface area (Å²) in [5.41, 5.74) is 3.27. The van der Waals surface area contributed by atoms with Gasteiger partial charge in [-0.1, -0.05) is 61.2 Å². The molecule has 0 unspecified atom stereocenters. The van der Waals surface area contributed by atoms with Crippen LogP contribution in [0.5, 0.6) is 0 Å². The molecule has 0 amide bonds. The molecule has 22 heavy (non-hydrogen) atoms. The molecule has 0 saturated carbocycles. The van der Waals surface area contributed by atoms with Crippen molar-refractivity contribution < 1.29 is 8.85 Å². The normalized spacial score (nSPS) is 11.4. The second kappa shape index (κ2) is 7.54. The molecule has 0 heterocycles. The van der Waals surface area contributed by atoms with Gasteiger partial charge in [0, 0.05) is 13.2 Å². The van der Waals surface area contributed by atoms with E-state index in [-0.39, 0.29) is 0 Å². The van der Waals surface area contributed by atoms with Crippen molar-refractivity contribution in [3.63, 3.8) is 0 Å². The average molecular weight is 312 g/mol. The van der Waals surface area contributed by atoms with E-state index in [0.717, 1.165) is 21.9 Å². The Morgan fingerprint density at radius 3 is 2.09 bits per heavy atom. The smallest absolute Gasteiger partial charge is 0.369 e. The molecule has 0 aliphatic rings. The van der Waals surface area contributed by atoms with Crippen molar-refractivity contribution in [2.75, 3.05) is 13.2 Å². The van der Waals surface area contributed by atoms with Gasteiger partial charge in [-0.05, 0) is 42.3 Å². The first kappa shape index (κ1) is 16.7. The minimum atomic E-state index is -2.34. The van der Waals surface area contributed by atoms with Gasteiger partial charge in [-0.25, -0.2) is 0 Å². The molecule has 0 radical (unpaired) electrons. The van der Waals surface area contributed by atoms with Crippen molar-refractivity contribution in [3.8, 4) is 0 Å². The molecule has 2 aromatic carbocycles. The standard InChI is InChI=1S/C19H24O2Si/c1-5-20-22(4,21-6-2)19-14-10-13-18(15-19)16(3)17-11-8-7-9-12-17/h7-15H,3,5-6H2,1-2,4H3. The second-order valence-electron chi connectivity index (χ2n) is 5.24. The van der Waals surface area contributed by atoms with Gasteiger partial charge in [0.1, 0.15) is 0 Å². The van der Waals surface area contributed by atoms with E-state index in [9.17, 15) is 0 Å². The SMILES string of the molecule is C=C(c1ccccc1)c1cccc([Si](C)(OCC)OCC)c1. The Bertz CT molecular complexity index is 616. The fourth-order valence-electron chi connectivity index (χ4n) is 2.55. The third kappa shape index (κ3) is 3.74. The van der Waals surface area contributed by atoms with Gasteiger partial charge in [0.25, 0.3) is 0 Å². The maximum atomic E-state index is 5.98. The first-order valence-corrected chi connectivity index (χ1v) is 10.1. The first-order chi connectivity index (χ1) is 10.6. The highest BCUT2D eigenvalue weighted by molar-refractivity contribution is 6.80. The summed E-state index contributed by atoms with van der Waals surface area (Å²) in [6.07, 6.45) is 0. The lowest BCUT2D eigenvalue weighted by molar-refractivity contribution is 0.202. The number of rotatable bonds is 7. The van der Waals surface area contributed by atoms with Crippen molar-refractivity contribution in [3.05, 3.63) is 72.3 Å². The summed E-state index contributed by atoms with van der Waals surface area (Å²) in [6, 6.07) is 18.6. The van der Waals surface area contributed by atoms with Crippen LogP contribution in [0.1, 0.15) is 25.0 Å². The van der Waals surface area contributed by atoms with Crippen molar-refractivity contribution in [2.24, 2.45) is 0 Å². The molecule has 116 valence electrons. The predicted molar refractivity (Wildman–Crippen MR) is 95.5 cm³/mol. The van der Waals surface area contributed by atoms with Crippen LogP contribution in [-0.2, 0) is 8.85 Å². The highest BCUT2D eigenvalue weighted by Crippen LogP contribution is 2.21. The molecule has 2 aromatic rings. The zero-order valence-corrected chi connectivity index (χ0v) is 14.6. The summed E-state index contributed by atoms with van der Waals surface area (Å²) in [6.45, 7) is 11.7. The molecular formula is C19H24O2Si. The third-order valence-corrected chi connectivity index (χ3v) is 6.74. The lowest BCUT2D eigenvalue weighted by Gasteiger charge is -2.26. The molecule has 0 aliphatic heterocycles. The molecule has 0 aromatic heterocycles. The maximum Gasteiger partial charge on any atom is 0.369 e. The number of benzene rings is 2. The van der Waals surface area contributed by atoms with Crippen molar-refractivity contribution >= 4 is 19.3 Å². The van der Waals surface area contributed by atoms with Crippen LogP contribution in [0, 0.1) is 0 Å². The molecule has 2 nitrogen and oxygen atoms in total. The lowest BCUT2D eigenvalue weighted by Crippen LogP contribution is -2.51. The first-order valence-electron chi connectivity index (χ1n) is 7.74. The topological polar surface area (TPSA) is 18.5 Å². The van der Waals surface area contributed by atoms with Gasteiger partial charge in [-0.2, -0.15) is 0 Å². The Morgan fingerprint density at radius 1 is 0.909 bits per heavy atom. The van der Waals surface area contributed by atoms with Crippen molar-refractivity contribution in [2.45, 2.75) is 20.4 Å². The Hall–Kier alpha value is -1.68. The van der Waals surface area contributed by atoms with Crippen LogP contribution in [0.3, 0.4) is 0 Å². The van der Waals surface area contributed by atoms with Crippen molar-refractivity contribution in [1.29, 1.82) is 0 Å². The molecule has 0 atom stereocenters. The summed E-state index contributed by atoms with van der Waals surface area (Å²) < 4.78 is 12.0. The lowest BCUT2D eigenvalue weighted by atomic mass is 10.00. The Kier molecular flexibility index (Phi) is 5.72. The van der Waals surface area contributed by atoms with Crippen LogP contribution >= 0.6 is 0 Å². The predicted octanol–water partition coefficient (Wildman–Crippen LogP) is 4.10. The van der Waals surface area contributed by atoms with Crippen LogP contribution in [-0.4, -0.2) is 21.8 Å². The Balaban J connectivity index is 2.35. The molecule has 0 bridgehead atoms. The van der Waals surface area contributed by atoms with Crippen LogP contribution in [0.25, 0.3) is 5.57 Å². The van der Waals surface area contributed by atoms with Crippen LogP contribution < -0.4 is 5.19 Å². The van der Waals surface area contributed by atoms with E-state index < -0.39 is 8.56 Å². The van der Waals surface area contributed by atoms with E-state index in [1.165, 1.54) is 0 Å². The summed E-state index contributed by atoms with van der Waals surface area (Å²) in [4.78, 5) is 0. The van der Waals surface area contributed by atoms with Crippen LogP contribution in [0.4, 0.5) is 0 Å². The van der Waals surface area contributed by atoms with Gasteiger partial charge in [-0.15, -0.1) is 0 Å². The molecule has 0 aliphatic carbocycles. The third-order valence-electron chi connectivity index (χ3n) is 3.70. The second-order valence-corrected chi connectivity index (χ2v) is 8.28. The molecule has 0 spiro atoms. The Morgan fingerprint density at radius 2 is 1.50 bits per heavy atom. The van der Waals surface area contributed by atoms with Gasteiger partial charge in [0.15, 0.2) is 0 Å². The summed E-state index contributed by atoms with van der Waals surface area (Å²) in [7, 11) is -2.34. The molecule has 2 rings (SSSR count). The zero-order chi connectivity index (χ0) is 16.0. The van der Waals surface area contributed by atoms with Gasteiger partial charge in [0.05, 0.1) is 0 Å². The molecule has 0 fully saturated rings. The van der Waals surface area contributed by atoms with Crippen molar-refractivity contribution in [1.82, 2.24) is 0 Å². The summed E-state index contributed by atoms with van der Waals surface area (Å²) in [5, 5.41) is 1.14. The van der Waals surface area contributed by atoms with E-state index in [4.69, 9.17) is 8.85 Å². The number of hydrogen-bond acceptors (Lipinski definition) is 2. The quantitative estimate of drug-likeness (QED) is 0.717.